The molecule has 78 valence electrons. The van der Waals surface area contributed by atoms with E-state index in [0.29, 0.717) is 0 Å². The molecule has 0 aliphatic carbocycles. The normalized spacial score (nSPS) is 15.3. The monoisotopic (exact) mass is 309 g/mol. The number of amides is 1. The summed E-state index contributed by atoms with van der Waals surface area (Å²) in [6.45, 7) is 0. The summed E-state index contributed by atoms with van der Waals surface area (Å²) < 4.78 is 1.40. The minimum absolute atomic E-state index is 0.0753. The molecule has 0 radical (unpaired) electrons. The van der Waals surface area contributed by atoms with Gasteiger partial charge in [-0.1, -0.05) is 0 Å². The van der Waals surface area contributed by atoms with E-state index in [9.17, 15) is 4.79 Å². The van der Waals surface area contributed by atoms with E-state index >= 15 is 0 Å². The van der Waals surface area contributed by atoms with Crippen molar-refractivity contribution >= 4 is 34.1 Å². The van der Waals surface area contributed by atoms with E-state index in [1.54, 1.807) is 6.21 Å². The summed E-state index contributed by atoms with van der Waals surface area (Å²) in [4.78, 5) is 22.5. The summed E-state index contributed by atoms with van der Waals surface area (Å²) in [7, 11) is 0. The third-order valence-electron chi connectivity index (χ3n) is 2.73. The number of carbonyl (C=O) groups is 1. The Balaban J connectivity index is 2.52. The van der Waals surface area contributed by atoms with Gasteiger partial charge in [0.15, 0.2) is 0 Å². The summed E-state index contributed by atoms with van der Waals surface area (Å²) in [5.74, 6) is -0.0753. The molecule has 0 spiro atoms. The molecule has 15 heavy (non-hydrogen) atoms. The van der Waals surface area contributed by atoms with Crippen LogP contribution in [0.15, 0.2) is 23.2 Å². The molecule has 0 aromatic heterocycles. The van der Waals surface area contributed by atoms with Crippen LogP contribution < -0.4 is 3.58 Å². The van der Waals surface area contributed by atoms with Gasteiger partial charge in [0.2, 0.25) is 0 Å². The molecule has 0 fully saturated rings. The Morgan fingerprint density at radius 1 is 1.27 bits per heavy atom. The van der Waals surface area contributed by atoms with Gasteiger partial charge >= 0.3 is 94.4 Å². The molecule has 0 bridgehead atoms. The van der Waals surface area contributed by atoms with Crippen molar-refractivity contribution in [2.75, 3.05) is 0 Å². The van der Waals surface area contributed by atoms with Gasteiger partial charge in [0.1, 0.15) is 0 Å². The molecule has 2 rings (SSSR count). The van der Waals surface area contributed by atoms with Crippen molar-refractivity contribution in [3.63, 3.8) is 0 Å². The van der Waals surface area contributed by atoms with Crippen LogP contribution >= 0.6 is 0 Å². The Labute approximate surface area is 94.3 Å². The minimum atomic E-state index is -2.05. The number of carbonyl (C=O) groups excluding carboxylic acids is 1. The van der Waals surface area contributed by atoms with Crippen molar-refractivity contribution in [2.24, 2.45) is 4.99 Å². The molecule has 1 aliphatic rings. The van der Waals surface area contributed by atoms with Crippen molar-refractivity contribution in [3.8, 4) is 0 Å². The zero-order chi connectivity index (χ0) is 11.1. The summed E-state index contributed by atoms with van der Waals surface area (Å²) in [5, 5.41) is 0. The summed E-state index contributed by atoms with van der Waals surface area (Å²) in [6, 6.07) is 6.36. The molecule has 1 amide bonds. The van der Waals surface area contributed by atoms with Gasteiger partial charge in [0.05, 0.1) is 0 Å². The molecule has 1 heterocycles. The van der Waals surface area contributed by atoms with Crippen LogP contribution in [0, 0.1) is 0 Å². The van der Waals surface area contributed by atoms with E-state index in [0.717, 1.165) is 17.5 Å². The van der Waals surface area contributed by atoms with E-state index in [4.69, 9.17) is 0 Å². The number of fused-ring (bicyclic) bond motifs is 1. The maximum atomic E-state index is 11.6. The second kappa shape index (κ2) is 3.74. The molecule has 3 heteroatoms. The molecule has 1 aliphatic heterocycles. The molecule has 2 nitrogen and oxygen atoms in total. The Morgan fingerprint density at radius 2 is 2.00 bits per heavy atom. The van der Waals surface area contributed by atoms with Crippen molar-refractivity contribution in [1.29, 1.82) is 0 Å². The second-order valence-corrected chi connectivity index (χ2v) is 19.4. The number of aliphatic imine (C=N–C) groups is 1. The van der Waals surface area contributed by atoms with Crippen molar-refractivity contribution in [3.05, 3.63) is 29.3 Å². The molecular weight excluding hydrogens is 293 g/mol. The van der Waals surface area contributed by atoms with Crippen LogP contribution in [0.1, 0.15) is 15.9 Å². The van der Waals surface area contributed by atoms with Gasteiger partial charge in [-0.25, -0.2) is 0 Å². The van der Waals surface area contributed by atoms with Crippen molar-refractivity contribution in [1.82, 2.24) is 0 Å². The number of rotatable bonds is 1. The average molecular weight is 308 g/mol. The van der Waals surface area contributed by atoms with Gasteiger partial charge in [0.25, 0.3) is 0 Å². The summed E-state index contributed by atoms with van der Waals surface area (Å²) in [6.07, 6.45) is 2.49. The quantitative estimate of drug-likeness (QED) is 0.730. The van der Waals surface area contributed by atoms with Crippen LogP contribution in [-0.4, -0.2) is 30.5 Å². The maximum absolute atomic E-state index is 11.6. The van der Waals surface area contributed by atoms with Gasteiger partial charge in [-0.3, -0.25) is 0 Å². The first-order valence-corrected chi connectivity index (χ1v) is 15.2. The first-order chi connectivity index (χ1) is 6.98. The van der Waals surface area contributed by atoms with Crippen LogP contribution in [0.2, 0.25) is 14.8 Å². The molecule has 1 aromatic rings. The number of hydrogen-bond donors (Lipinski definition) is 0. The van der Waals surface area contributed by atoms with Crippen LogP contribution in [0.4, 0.5) is 0 Å². The fraction of sp³-hybridized carbons (Fsp3) is 0.333. The summed E-state index contributed by atoms with van der Waals surface area (Å²) in [5.41, 5.74) is 1.94. The van der Waals surface area contributed by atoms with Crippen LogP contribution in [-0.2, 0) is 6.42 Å². The predicted molar refractivity (Wildman–Crippen MR) is 65.9 cm³/mol. The van der Waals surface area contributed by atoms with Crippen LogP contribution in [0.25, 0.3) is 0 Å². The molecular formula is C12H15NOSn. The Bertz CT molecular complexity index is 443. The molecule has 0 N–H and O–H groups in total. The Kier molecular flexibility index (Phi) is 2.71. The zero-order valence-corrected chi connectivity index (χ0v) is 12.2. The topological polar surface area (TPSA) is 29.4 Å². The fourth-order valence-electron chi connectivity index (χ4n) is 1.72. The second-order valence-electron chi connectivity index (χ2n) is 4.94. The van der Waals surface area contributed by atoms with Crippen molar-refractivity contribution in [2.45, 2.75) is 21.2 Å². The van der Waals surface area contributed by atoms with Crippen LogP contribution in [0.3, 0.4) is 0 Å². The standard InChI is InChI=1S/C9H6NO.3CH3.Sn/c11-9-8-4-2-1-3-7(8)5-6-10-9;;;;/h1,3-4,6H,5H2;3*1H3;. The number of hydrogen-bond acceptors (Lipinski definition) is 1. The third kappa shape index (κ3) is 2.14. The average Bonchev–Trinajstić information content (AvgIpc) is 2.16. The molecule has 1 aromatic carbocycles. The van der Waals surface area contributed by atoms with E-state index < -0.39 is 18.4 Å². The number of benzene rings is 1. The third-order valence-corrected chi connectivity index (χ3v) is 8.56. The fourth-order valence-corrected chi connectivity index (χ4v) is 5.03. The zero-order valence-electron chi connectivity index (χ0n) is 9.37. The van der Waals surface area contributed by atoms with Gasteiger partial charge in [-0.2, -0.15) is 0 Å². The Hall–Kier alpha value is -0.641. The van der Waals surface area contributed by atoms with Crippen LogP contribution in [0.5, 0.6) is 0 Å². The van der Waals surface area contributed by atoms with E-state index in [2.05, 4.69) is 38.0 Å². The molecule has 0 saturated heterocycles. The molecule has 0 atom stereocenters. The molecule has 0 unspecified atom stereocenters. The van der Waals surface area contributed by atoms with Gasteiger partial charge in [-0.05, 0) is 0 Å². The van der Waals surface area contributed by atoms with Gasteiger partial charge in [-0.15, -0.1) is 0 Å². The van der Waals surface area contributed by atoms with E-state index in [1.165, 1.54) is 3.58 Å². The van der Waals surface area contributed by atoms with Gasteiger partial charge < -0.3 is 0 Å². The van der Waals surface area contributed by atoms with Gasteiger partial charge in [0, 0.05) is 0 Å². The summed E-state index contributed by atoms with van der Waals surface area (Å²) >= 11 is -2.05. The van der Waals surface area contributed by atoms with E-state index in [1.807, 2.05) is 0 Å². The first-order valence-electron chi connectivity index (χ1n) is 5.19. The van der Waals surface area contributed by atoms with Crippen molar-refractivity contribution < 1.29 is 4.79 Å². The van der Waals surface area contributed by atoms with E-state index in [-0.39, 0.29) is 5.91 Å². The predicted octanol–water partition coefficient (Wildman–Crippen LogP) is 2.00. The first kappa shape index (κ1) is 10.9. The Morgan fingerprint density at radius 3 is 2.67 bits per heavy atom. The molecule has 0 saturated carbocycles. The SMILES string of the molecule is [CH3][Sn]([CH3])([CH3])[c]1ccc2c(c1)C(=O)N=CC2. The number of nitrogens with zero attached hydrogens (tertiary/aromatic N) is 1.